The van der Waals surface area contributed by atoms with E-state index in [2.05, 4.69) is 10.2 Å². The fourth-order valence-electron chi connectivity index (χ4n) is 5.08. The van der Waals surface area contributed by atoms with Crippen LogP contribution in [0.15, 0.2) is 48.5 Å². The number of piperidine rings is 1. The van der Waals surface area contributed by atoms with Crippen molar-refractivity contribution in [3.63, 3.8) is 0 Å². The molecule has 30 heavy (non-hydrogen) atoms. The lowest BCUT2D eigenvalue weighted by atomic mass is 9.66. The number of aliphatic hydroxyl groups is 1. The number of halogens is 1. The number of ether oxygens (including phenoxy) is 1. The average Bonchev–Trinajstić information content (AvgIpc) is 2.75. The van der Waals surface area contributed by atoms with Crippen molar-refractivity contribution in [3.05, 3.63) is 59.9 Å². The maximum Gasteiger partial charge on any atom is 0.238 e. The number of hydrogen-bond donors (Lipinski definition) is 2. The summed E-state index contributed by atoms with van der Waals surface area (Å²) < 4.78 is 18.7. The van der Waals surface area contributed by atoms with Gasteiger partial charge in [0.15, 0.2) is 0 Å². The first kappa shape index (κ1) is 20.8. The molecule has 2 aromatic carbocycles. The van der Waals surface area contributed by atoms with E-state index in [0.29, 0.717) is 18.7 Å². The van der Waals surface area contributed by atoms with Gasteiger partial charge in [0, 0.05) is 24.2 Å². The fraction of sp³-hybridized carbons (Fsp3) is 0.458. The second kappa shape index (κ2) is 8.74. The monoisotopic (exact) mass is 412 g/mol. The van der Waals surface area contributed by atoms with Crippen LogP contribution >= 0.6 is 0 Å². The lowest BCUT2D eigenvalue weighted by Crippen LogP contribution is -2.56. The molecule has 0 unspecified atom stereocenters. The van der Waals surface area contributed by atoms with Gasteiger partial charge in [0.1, 0.15) is 11.6 Å². The Bertz CT molecular complexity index is 871. The van der Waals surface area contributed by atoms with E-state index in [9.17, 15) is 14.3 Å². The SMILES string of the molecule is COc1ccc(NC(=O)CN2CC[C@]3(O)CCCC[C@@H]3[C@@H]2c2ccc(F)cc2)cc1. The summed E-state index contributed by atoms with van der Waals surface area (Å²) in [6, 6.07) is 13.6. The maximum atomic E-state index is 13.5. The quantitative estimate of drug-likeness (QED) is 0.775. The number of likely N-dealkylation sites (tertiary alicyclic amines) is 1. The zero-order valence-electron chi connectivity index (χ0n) is 17.3. The van der Waals surface area contributed by atoms with Crippen molar-refractivity contribution >= 4 is 11.6 Å². The lowest BCUT2D eigenvalue weighted by molar-refractivity contribution is -0.135. The molecule has 5 nitrogen and oxygen atoms in total. The predicted molar refractivity (Wildman–Crippen MR) is 114 cm³/mol. The zero-order chi connectivity index (χ0) is 21.1. The highest BCUT2D eigenvalue weighted by atomic mass is 19.1. The van der Waals surface area contributed by atoms with Crippen LogP contribution in [0.25, 0.3) is 0 Å². The summed E-state index contributed by atoms with van der Waals surface area (Å²) in [6.07, 6.45) is 4.46. The minimum Gasteiger partial charge on any atom is -0.497 e. The van der Waals surface area contributed by atoms with E-state index < -0.39 is 5.60 Å². The molecule has 2 fully saturated rings. The first-order chi connectivity index (χ1) is 14.5. The molecule has 1 heterocycles. The molecule has 2 aliphatic rings. The van der Waals surface area contributed by atoms with Crippen molar-refractivity contribution < 1.29 is 19.0 Å². The summed E-state index contributed by atoms with van der Waals surface area (Å²) in [4.78, 5) is 14.9. The largest absolute Gasteiger partial charge is 0.497 e. The zero-order valence-corrected chi connectivity index (χ0v) is 17.3. The Morgan fingerprint density at radius 3 is 2.60 bits per heavy atom. The second-order valence-corrected chi connectivity index (χ2v) is 8.45. The molecular formula is C24H29FN2O3. The summed E-state index contributed by atoms with van der Waals surface area (Å²) in [5, 5.41) is 14.2. The molecule has 2 aromatic rings. The van der Waals surface area contributed by atoms with Gasteiger partial charge in [0.2, 0.25) is 5.91 Å². The minimum atomic E-state index is -0.708. The normalized spacial score (nSPS) is 26.6. The van der Waals surface area contributed by atoms with Crippen molar-refractivity contribution in [3.8, 4) is 5.75 Å². The molecule has 1 aliphatic heterocycles. The van der Waals surface area contributed by atoms with Crippen molar-refractivity contribution in [2.45, 2.75) is 43.7 Å². The number of nitrogens with one attached hydrogen (secondary N) is 1. The van der Waals surface area contributed by atoms with Gasteiger partial charge < -0.3 is 15.2 Å². The van der Waals surface area contributed by atoms with Gasteiger partial charge in [0.05, 0.1) is 19.3 Å². The minimum absolute atomic E-state index is 0.0410. The first-order valence-electron chi connectivity index (χ1n) is 10.6. The number of nitrogens with zero attached hydrogens (tertiary/aromatic N) is 1. The number of anilines is 1. The van der Waals surface area contributed by atoms with E-state index in [0.717, 1.165) is 37.0 Å². The Balaban J connectivity index is 1.53. The Morgan fingerprint density at radius 2 is 1.90 bits per heavy atom. The van der Waals surface area contributed by atoms with E-state index in [4.69, 9.17) is 4.74 Å². The lowest BCUT2D eigenvalue weighted by Gasteiger charge is -2.52. The van der Waals surface area contributed by atoms with Crippen LogP contribution in [0.5, 0.6) is 5.75 Å². The Morgan fingerprint density at radius 1 is 1.17 bits per heavy atom. The molecule has 6 heteroatoms. The average molecular weight is 413 g/mol. The van der Waals surface area contributed by atoms with Gasteiger partial charge in [-0.25, -0.2) is 4.39 Å². The molecule has 2 N–H and O–H groups in total. The Hall–Kier alpha value is -2.44. The van der Waals surface area contributed by atoms with E-state index in [-0.39, 0.29) is 30.2 Å². The van der Waals surface area contributed by atoms with E-state index >= 15 is 0 Å². The number of hydrogen-bond acceptors (Lipinski definition) is 4. The third-order valence-corrected chi connectivity index (χ3v) is 6.60. The molecule has 3 atom stereocenters. The second-order valence-electron chi connectivity index (χ2n) is 8.45. The van der Waals surface area contributed by atoms with Crippen molar-refractivity contribution in [2.24, 2.45) is 5.92 Å². The van der Waals surface area contributed by atoms with Crippen LogP contribution in [0.2, 0.25) is 0 Å². The third-order valence-electron chi connectivity index (χ3n) is 6.60. The van der Waals surface area contributed by atoms with Crippen LogP contribution in [-0.4, -0.2) is 41.7 Å². The van der Waals surface area contributed by atoms with Crippen molar-refractivity contribution in [1.82, 2.24) is 4.90 Å². The summed E-state index contributed by atoms with van der Waals surface area (Å²) in [5.74, 6) is 0.391. The highest BCUT2D eigenvalue weighted by Crippen LogP contribution is 2.49. The smallest absolute Gasteiger partial charge is 0.238 e. The molecule has 1 saturated carbocycles. The number of carbonyl (C=O) groups excluding carboxylic acids is 1. The standard InChI is InChI=1S/C24H29FN2O3/c1-30-20-11-9-19(10-12-20)26-22(28)16-27-15-14-24(29)13-3-2-4-21(24)23(27)17-5-7-18(25)8-6-17/h5-12,21,23,29H,2-4,13-16H2,1H3,(H,26,28)/t21-,23+,24-/m1/s1. The van der Waals surface area contributed by atoms with Crippen LogP contribution in [0, 0.1) is 11.7 Å². The Labute approximate surface area is 176 Å². The van der Waals surface area contributed by atoms with E-state index in [1.807, 2.05) is 12.1 Å². The summed E-state index contributed by atoms with van der Waals surface area (Å²) in [5.41, 5.74) is 0.962. The number of rotatable bonds is 5. The number of benzene rings is 2. The highest BCUT2D eigenvalue weighted by Gasteiger charge is 2.49. The van der Waals surface area contributed by atoms with Gasteiger partial charge in [-0.15, -0.1) is 0 Å². The fourth-order valence-corrected chi connectivity index (χ4v) is 5.08. The van der Waals surface area contributed by atoms with E-state index in [1.54, 1.807) is 31.4 Å². The van der Waals surface area contributed by atoms with Gasteiger partial charge in [-0.3, -0.25) is 9.69 Å². The van der Waals surface area contributed by atoms with Crippen LogP contribution in [-0.2, 0) is 4.79 Å². The topological polar surface area (TPSA) is 61.8 Å². The molecule has 4 rings (SSSR count). The molecule has 0 bridgehead atoms. The summed E-state index contributed by atoms with van der Waals surface area (Å²) in [6.45, 7) is 0.853. The molecule has 0 spiro atoms. The van der Waals surface area contributed by atoms with Crippen LogP contribution in [0.4, 0.5) is 10.1 Å². The third kappa shape index (κ3) is 4.35. The number of amides is 1. The van der Waals surface area contributed by atoms with Gasteiger partial charge in [0.25, 0.3) is 0 Å². The van der Waals surface area contributed by atoms with Crippen LogP contribution in [0.3, 0.4) is 0 Å². The van der Waals surface area contributed by atoms with Crippen molar-refractivity contribution in [2.75, 3.05) is 25.5 Å². The van der Waals surface area contributed by atoms with Gasteiger partial charge in [-0.05, 0) is 61.2 Å². The maximum absolute atomic E-state index is 13.5. The van der Waals surface area contributed by atoms with E-state index in [1.165, 1.54) is 12.1 Å². The number of methoxy groups -OCH3 is 1. The number of fused-ring (bicyclic) bond motifs is 1. The molecule has 1 aliphatic carbocycles. The Kier molecular flexibility index (Phi) is 6.06. The first-order valence-corrected chi connectivity index (χ1v) is 10.6. The predicted octanol–water partition coefficient (Wildman–Crippen LogP) is 4.14. The summed E-state index contributed by atoms with van der Waals surface area (Å²) >= 11 is 0. The number of carbonyl (C=O) groups is 1. The van der Waals surface area contributed by atoms with Gasteiger partial charge >= 0.3 is 0 Å². The molecule has 1 amide bonds. The van der Waals surface area contributed by atoms with Crippen LogP contribution < -0.4 is 10.1 Å². The molecule has 0 radical (unpaired) electrons. The molecule has 1 saturated heterocycles. The molecule has 160 valence electrons. The highest BCUT2D eigenvalue weighted by molar-refractivity contribution is 5.92. The van der Waals surface area contributed by atoms with Gasteiger partial charge in [-0.1, -0.05) is 25.0 Å². The molecular weight excluding hydrogens is 383 g/mol. The molecule has 0 aromatic heterocycles. The van der Waals surface area contributed by atoms with Gasteiger partial charge in [-0.2, -0.15) is 0 Å². The van der Waals surface area contributed by atoms with Crippen molar-refractivity contribution in [1.29, 1.82) is 0 Å². The van der Waals surface area contributed by atoms with Crippen LogP contribution in [0.1, 0.15) is 43.7 Å². The summed E-state index contributed by atoms with van der Waals surface area (Å²) in [7, 11) is 1.60.